The van der Waals surface area contributed by atoms with Crippen molar-refractivity contribution in [3.8, 4) is 0 Å². The first-order valence-corrected chi connectivity index (χ1v) is 8.71. The summed E-state index contributed by atoms with van der Waals surface area (Å²) in [6.45, 7) is 6.89. The summed E-state index contributed by atoms with van der Waals surface area (Å²) in [7, 11) is 0. The maximum Gasteiger partial charge on any atom is 0.315 e. The lowest BCUT2D eigenvalue weighted by atomic mass is 9.55. The van der Waals surface area contributed by atoms with Crippen LogP contribution in [0.4, 0.5) is 4.79 Å². The van der Waals surface area contributed by atoms with Crippen LogP contribution in [0.15, 0.2) is 18.7 Å². The number of hydrogen-bond donors (Lipinski definition) is 2. The third-order valence-electron chi connectivity index (χ3n) is 5.31. The van der Waals surface area contributed by atoms with Gasteiger partial charge in [-0.15, -0.1) is 0 Å². The van der Waals surface area contributed by atoms with Crippen LogP contribution in [0.25, 0.3) is 0 Å². The minimum absolute atomic E-state index is 0.0316. The van der Waals surface area contributed by atoms with Crippen molar-refractivity contribution in [2.24, 2.45) is 11.3 Å². The summed E-state index contributed by atoms with van der Waals surface area (Å²) in [6.07, 6.45) is 10.1. The molecule has 1 aliphatic carbocycles. The van der Waals surface area contributed by atoms with E-state index >= 15 is 0 Å². The van der Waals surface area contributed by atoms with Gasteiger partial charge in [-0.2, -0.15) is 0 Å². The second kappa shape index (κ2) is 6.91. The molecule has 128 valence electrons. The second-order valence-corrected chi connectivity index (χ2v) is 7.30. The molecule has 6 heteroatoms. The van der Waals surface area contributed by atoms with E-state index in [1.54, 1.807) is 6.20 Å². The van der Waals surface area contributed by atoms with Crippen molar-refractivity contribution in [1.82, 2.24) is 20.2 Å². The van der Waals surface area contributed by atoms with Crippen molar-refractivity contribution in [3.05, 3.63) is 18.7 Å². The van der Waals surface area contributed by atoms with E-state index < -0.39 is 0 Å². The number of unbranched alkanes of at least 4 members (excludes halogenated alkanes) is 1. The molecule has 1 saturated carbocycles. The van der Waals surface area contributed by atoms with Gasteiger partial charge in [-0.25, -0.2) is 9.78 Å². The Morgan fingerprint density at radius 2 is 2.30 bits per heavy atom. The molecule has 2 fully saturated rings. The lowest BCUT2D eigenvalue weighted by Gasteiger charge is -2.59. The minimum atomic E-state index is -0.0465. The number of aryl methyl sites for hydroxylation is 1. The van der Waals surface area contributed by atoms with E-state index in [9.17, 15) is 4.79 Å². The first kappa shape index (κ1) is 16.3. The minimum Gasteiger partial charge on any atom is -0.377 e. The molecule has 6 nitrogen and oxygen atoms in total. The Kier molecular flexibility index (Phi) is 4.90. The predicted octanol–water partition coefficient (Wildman–Crippen LogP) is 2.17. The zero-order valence-electron chi connectivity index (χ0n) is 14.1. The SMILES string of the molecule is CC1(C)[C@H](NC(=O)NCCCCn2ccnc2)[C@@H]2CCCO[C@H]21. The number of imidazole rings is 1. The molecule has 0 bridgehead atoms. The molecule has 2 amide bonds. The topological polar surface area (TPSA) is 68.2 Å². The molecular weight excluding hydrogens is 292 g/mol. The van der Waals surface area contributed by atoms with E-state index in [0.29, 0.717) is 18.6 Å². The maximum atomic E-state index is 12.1. The number of rotatable bonds is 6. The van der Waals surface area contributed by atoms with Gasteiger partial charge in [-0.3, -0.25) is 0 Å². The average Bonchev–Trinajstić information content (AvgIpc) is 3.06. The lowest BCUT2D eigenvalue weighted by molar-refractivity contribution is -0.189. The largest absolute Gasteiger partial charge is 0.377 e. The van der Waals surface area contributed by atoms with Gasteiger partial charge in [0.25, 0.3) is 0 Å². The Morgan fingerprint density at radius 1 is 1.43 bits per heavy atom. The van der Waals surface area contributed by atoms with Crippen LogP contribution in [-0.4, -0.2) is 40.9 Å². The quantitative estimate of drug-likeness (QED) is 0.789. The van der Waals surface area contributed by atoms with Crippen molar-refractivity contribution >= 4 is 6.03 Å². The van der Waals surface area contributed by atoms with E-state index in [1.165, 1.54) is 0 Å². The maximum absolute atomic E-state index is 12.1. The van der Waals surface area contributed by atoms with Gasteiger partial charge in [-0.1, -0.05) is 13.8 Å². The van der Waals surface area contributed by atoms with Crippen LogP contribution < -0.4 is 10.6 Å². The number of fused-ring (bicyclic) bond motifs is 1. The molecular formula is C17H28N4O2. The summed E-state index contributed by atoms with van der Waals surface area (Å²) in [5.41, 5.74) is 0.0316. The average molecular weight is 320 g/mol. The molecule has 2 N–H and O–H groups in total. The zero-order chi connectivity index (χ0) is 16.3. The molecule has 2 aliphatic rings. The highest BCUT2D eigenvalue weighted by Gasteiger charge is 2.58. The molecule has 1 aromatic heterocycles. The van der Waals surface area contributed by atoms with Gasteiger partial charge < -0.3 is 19.9 Å². The molecule has 0 aromatic carbocycles. The summed E-state index contributed by atoms with van der Waals surface area (Å²) in [5, 5.41) is 6.14. The van der Waals surface area contributed by atoms with Gasteiger partial charge in [0, 0.05) is 49.5 Å². The number of urea groups is 1. The van der Waals surface area contributed by atoms with E-state index in [-0.39, 0.29) is 17.5 Å². The molecule has 2 heterocycles. The predicted molar refractivity (Wildman–Crippen MR) is 88.0 cm³/mol. The van der Waals surface area contributed by atoms with Gasteiger partial charge >= 0.3 is 6.03 Å². The van der Waals surface area contributed by atoms with Gasteiger partial charge in [0.15, 0.2) is 0 Å². The number of carbonyl (C=O) groups is 1. The number of aromatic nitrogens is 2. The third-order valence-corrected chi connectivity index (χ3v) is 5.31. The Labute approximate surface area is 138 Å². The molecule has 23 heavy (non-hydrogen) atoms. The number of nitrogens with one attached hydrogen (secondary N) is 2. The van der Waals surface area contributed by atoms with Gasteiger partial charge in [-0.05, 0) is 25.7 Å². The Hall–Kier alpha value is -1.56. The first-order valence-electron chi connectivity index (χ1n) is 8.71. The standard InChI is InChI=1S/C17H28N4O2/c1-17(2)14(13-6-5-11-23-15(13)17)20-16(22)19-7-3-4-9-21-10-8-18-12-21/h8,10,12-15H,3-7,9,11H2,1-2H3,(H2,19,20,22)/t13-,14+,15+/m0/s1. The summed E-state index contributed by atoms with van der Waals surface area (Å²) in [4.78, 5) is 16.1. The fraction of sp³-hybridized carbons (Fsp3) is 0.765. The summed E-state index contributed by atoms with van der Waals surface area (Å²) < 4.78 is 7.93. The van der Waals surface area contributed by atoms with E-state index in [2.05, 4.69) is 34.0 Å². The molecule has 1 aliphatic heterocycles. The van der Waals surface area contributed by atoms with Gasteiger partial charge in [0.1, 0.15) is 0 Å². The van der Waals surface area contributed by atoms with Crippen molar-refractivity contribution in [3.63, 3.8) is 0 Å². The number of hydrogen-bond acceptors (Lipinski definition) is 3. The Balaban J connectivity index is 1.34. The number of ether oxygens (including phenoxy) is 1. The molecule has 3 rings (SSSR count). The Morgan fingerprint density at radius 3 is 3.09 bits per heavy atom. The van der Waals surface area contributed by atoms with Crippen LogP contribution >= 0.6 is 0 Å². The fourth-order valence-corrected chi connectivity index (χ4v) is 4.05. The van der Waals surface area contributed by atoms with Gasteiger partial charge in [0.05, 0.1) is 12.4 Å². The molecule has 0 radical (unpaired) electrons. The van der Waals surface area contributed by atoms with Crippen molar-refractivity contribution < 1.29 is 9.53 Å². The molecule has 1 aromatic rings. The van der Waals surface area contributed by atoms with Crippen LogP contribution in [0, 0.1) is 11.3 Å². The zero-order valence-corrected chi connectivity index (χ0v) is 14.1. The summed E-state index contributed by atoms with van der Waals surface area (Å²) >= 11 is 0. The molecule has 3 atom stereocenters. The highest BCUT2D eigenvalue weighted by atomic mass is 16.5. The van der Waals surface area contributed by atoms with E-state index in [4.69, 9.17) is 4.74 Å². The lowest BCUT2D eigenvalue weighted by Crippen LogP contribution is -2.70. The molecule has 0 unspecified atom stereocenters. The molecule has 0 spiro atoms. The smallest absolute Gasteiger partial charge is 0.315 e. The van der Waals surface area contributed by atoms with Crippen molar-refractivity contribution in [1.29, 1.82) is 0 Å². The second-order valence-electron chi connectivity index (χ2n) is 7.30. The van der Waals surface area contributed by atoms with Crippen LogP contribution in [0.5, 0.6) is 0 Å². The van der Waals surface area contributed by atoms with Crippen LogP contribution in [0.2, 0.25) is 0 Å². The summed E-state index contributed by atoms with van der Waals surface area (Å²) in [5.74, 6) is 0.478. The van der Waals surface area contributed by atoms with E-state index in [1.807, 2.05) is 12.5 Å². The number of nitrogens with zero attached hydrogens (tertiary/aromatic N) is 2. The first-order chi connectivity index (χ1) is 11.1. The van der Waals surface area contributed by atoms with Crippen LogP contribution in [0.3, 0.4) is 0 Å². The number of carbonyl (C=O) groups excluding carboxylic acids is 1. The van der Waals surface area contributed by atoms with Crippen LogP contribution in [0.1, 0.15) is 39.5 Å². The summed E-state index contributed by atoms with van der Waals surface area (Å²) in [6, 6.07) is 0.175. The highest BCUT2D eigenvalue weighted by molar-refractivity contribution is 5.74. The Bertz CT molecular complexity index is 515. The van der Waals surface area contributed by atoms with E-state index in [0.717, 1.165) is 38.8 Å². The van der Waals surface area contributed by atoms with Crippen LogP contribution in [-0.2, 0) is 11.3 Å². The highest BCUT2D eigenvalue weighted by Crippen LogP contribution is 2.51. The van der Waals surface area contributed by atoms with Crippen molar-refractivity contribution in [2.75, 3.05) is 13.2 Å². The normalized spacial score (nSPS) is 28.5. The van der Waals surface area contributed by atoms with Crippen molar-refractivity contribution in [2.45, 2.75) is 58.2 Å². The fourth-order valence-electron chi connectivity index (χ4n) is 4.05. The number of amides is 2. The monoisotopic (exact) mass is 320 g/mol. The molecule has 1 saturated heterocycles. The third kappa shape index (κ3) is 3.52. The van der Waals surface area contributed by atoms with Gasteiger partial charge in [0.2, 0.25) is 0 Å².